The number of nitrogens with zero attached hydrogens (tertiary/aromatic N) is 1. The summed E-state index contributed by atoms with van der Waals surface area (Å²) in [5, 5.41) is 4.16. The average Bonchev–Trinajstić information content (AvgIpc) is 2.83. The number of benzene rings is 1. The molecule has 0 aliphatic carbocycles. The molecule has 0 bridgehead atoms. The molecule has 80 valence electrons. The Hall–Kier alpha value is -0.660. The quantitative estimate of drug-likeness (QED) is 0.507. The van der Waals surface area contributed by atoms with Crippen molar-refractivity contribution in [3.05, 3.63) is 43.4 Å². The molecule has 1 aromatic carbocycles. The van der Waals surface area contributed by atoms with E-state index in [4.69, 9.17) is 12.2 Å². The summed E-state index contributed by atoms with van der Waals surface area (Å²) in [5.74, 6) is 0. The second kappa shape index (κ2) is 3.97. The lowest BCUT2D eigenvalue weighted by atomic mass is 10.3. The fourth-order valence-corrected chi connectivity index (χ4v) is 3.15. The number of H-pyrrole nitrogens is 1. The summed E-state index contributed by atoms with van der Waals surface area (Å²) < 4.78 is 4.02. The van der Waals surface area contributed by atoms with Crippen LogP contribution in [-0.2, 0) is 0 Å². The van der Waals surface area contributed by atoms with Crippen LogP contribution in [0.25, 0.3) is 16.7 Å². The number of fused-ring (bicyclic) bond motifs is 1. The third-order valence-corrected chi connectivity index (χ3v) is 4.03. The van der Waals surface area contributed by atoms with E-state index in [1.807, 2.05) is 0 Å². The molecule has 3 rings (SSSR count). The lowest BCUT2D eigenvalue weighted by Crippen LogP contribution is -1.90. The largest absolute Gasteiger partial charge is 0.330 e. The fraction of sp³-hybridized carbons (Fsp3) is 0. The molecule has 2 nitrogen and oxygen atoms in total. The highest BCUT2D eigenvalue weighted by Crippen LogP contribution is 2.22. The molecule has 5 heteroatoms. The monoisotopic (exact) mass is 358 g/mol. The minimum atomic E-state index is 0.746. The number of imidazole rings is 1. The molecule has 16 heavy (non-hydrogen) atoms. The number of thiophene rings is 1. The van der Waals surface area contributed by atoms with E-state index in [-0.39, 0.29) is 0 Å². The summed E-state index contributed by atoms with van der Waals surface area (Å²) in [7, 11) is 0. The Morgan fingerprint density at radius 3 is 2.94 bits per heavy atom. The molecule has 0 saturated heterocycles. The molecule has 0 radical (unpaired) electrons. The Balaban J connectivity index is 2.41. The Kier molecular flexibility index (Phi) is 2.61. The first kappa shape index (κ1) is 10.5. The van der Waals surface area contributed by atoms with Gasteiger partial charge in [0.05, 0.1) is 16.7 Å². The van der Waals surface area contributed by atoms with Crippen molar-refractivity contribution in [2.45, 2.75) is 0 Å². The van der Waals surface area contributed by atoms with Crippen LogP contribution in [0, 0.1) is 8.34 Å². The van der Waals surface area contributed by atoms with E-state index < -0.39 is 0 Å². The summed E-state index contributed by atoms with van der Waals surface area (Å²) in [4.78, 5) is 3.23. The van der Waals surface area contributed by atoms with E-state index in [1.54, 1.807) is 11.3 Å². The molecule has 0 amide bonds. The van der Waals surface area contributed by atoms with Gasteiger partial charge in [0.25, 0.3) is 0 Å². The van der Waals surface area contributed by atoms with Gasteiger partial charge in [-0.1, -0.05) is 0 Å². The van der Waals surface area contributed by atoms with Crippen molar-refractivity contribution in [3.63, 3.8) is 0 Å². The molecule has 2 heterocycles. The average molecular weight is 358 g/mol. The van der Waals surface area contributed by atoms with Crippen LogP contribution >= 0.6 is 46.1 Å². The number of nitrogens with one attached hydrogen (secondary N) is 1. The molecule has 0 aliphatic rings. The molecule has 1 N–H and O–H groups in total. The molecule has 3 aromatic rings. The fourth-order valence-electron chi connectivity index (χ4n) is 1.72. The highest BCUT2D eigenvalue weighted by molar-refractivity contribution is 14.1. The normalized spacial score (nSPS) is 11.1. The van der Waals surface area contributed by atoms with E-state index in [0.29, 0.717) is 0 Å². The highest BCUT2D eigenvalue weighted by atomic mass is 127. The number of aromatic nitrogens is 2. The van der Waals surface area contributed by atoms with Gasteiger partial charge in [-0.25, -0.2) is 0 Å². The van der Waals surface area contributed by atoms with Crippen molar-refractivity contribution in [1.29, 1.82) is 0 Å². The van der Waals surface area contributed by atoms with Crippen LogP contribution < -0.4 is 0 Å². The molecule has 2 aromatic heterocycles. The molecule has 0 unspecified atom stereocenters. The third kappa shape index (κ3) is 1.63. The minimum Gasteiger partial charge on any atom is -0.330 e. The van der Waals surface area contributed by atoms with Crippen molar-refractivity contribution >= 4 is 57.2 Å². The van der Waals surface area contributed by atoms with Gasteiger partial charge in [-0.05, 0) is 64.5 Å². The standard InChI is InChI=1S/C11H7IN2S2/c12-7-1-2-10-9(5-7)13-11(15)14(10)8-3-4-16-6-8/h1-6H,(H,13,15). The maximum Gasteiger partial charge on any atom is 0.182 e. The Morgan fingerprint density at radius 1 is 1.31 bits per heavy atom. The summed E-state index contributed by atoms with van der Waals surface area (Å²) >= 11 is 9.33. The van der Waals surface area contributed by atoms with Crippen molar-refractivity contribution in [2.75, 3.05) is 0 Å². The Bertz CT molecular complexity index is 694. The first-order chi connectivity index (χ1) is 7.75. The second-order valence-corrected chi connectivity index (χ2v) is 5.82. The molecule has 0 spiro atoms. The van der Waals surface area contributed by atoms with Crippen LogP contribution in [0.4, 0.5) is 0 Å². The molecular weight excluding hydrogens is 351 g/mol. The molecule has 0 aliphatic heterocycles. The van der Waals surface area contributed by atoms with E-state index >= 15 is 0 Å². The van der Waals surface area contributed by atoms with Crippen molar-refractivity contribution in [3.8, 4) is 5.69 Å². The van der Waals surface area contributed by atoms with Gasteiger partial charge in [-0.3, -0.25) is 4.57 Å². The van der Waals surface area contributed by atoms with Crippen molar-refractivity contribution in [2.24, 2.45) is 0 Å². The van der Waals surface area contributed by atoms with Crippen LogP contribution in [0.2, 0.25) is 0 Å². The Morgan fingerprint density at radius 2 is 2.19 bits per heavy atom. The summed E-state index contributed by atoms with van der Waals surface area (Å²) in [6.45, 7) is 0. The topological polar surface area (TPSA) is 20.7 Å². The smallest absolute Gasteiger partial charge is 0.182 e. The lowest BCUT2D eigenvalue weighted by Gasteiger charge is -2.00. The summed E-state index contributed by atoms with van der Waals surface area (Å²) in [5.41, 5.74) is 3.34. The van der Waals surface area contributed by atoms with Crippen LogP contribution in [-0.4, -0.2) is 9.55 Å². The lowest BCUT2D eigenvalue weighted by molar-refractivity contribution is 1.07. The van der Waals surface area contributed by atoms with Crippen LogP contribution in [0.3, 0.4) is 0 Å². The first-order valence-electron chi connectivity index (χ1n) is 4.68. The maximum atomic E-state index is 5.35. The van der Waals surface area contributed by atoms with E-state index in [9.17, 15) is 0 Å². The molecular formula is C11H7IN2S2. The van der Waals surface area contributed by atoms with Gasteiger partial charge in [0.2, 0.25) is 0 Å². The number of rotatable bonds is 1. The van der Waals surface area contributed by atoms with Crippen molar-refractivity contribution in [1.82, 2.24) is 9.55 Å². The Labute approximate surface area is 115 Å². The van der Waals surface area contributed by atoms with E-state index in [0.717, 1.165) is 21.5 Å². The van der Waals surface area contributed by atoms with Gasteiger partial charge in [0.15, 0.2) is 4.77 Å². The zero-order valence-electron chi connectivity index (χ0n) is 8.11. The molecule has 0 atom stereocenters. The molecule has 0 saturated carbocycles. The zero-order chi connectivity index (χ0) is 11.1. The molecule has 0 fully saturated rings. The van der Waals surface area contributed by atoms with Crippen molar-refractivity contribution < 1.29 is 0 Å². The number of hydrogen-bond acceptors (Lipinski definition) is 2. The van der Waals surface area contributed by atoms with Crippen LogP contribution in [0.5, 0.6) is 0 Å². The predicted octanol–water partition coefficient (Wildman–Crippen LogP) is 4.35. The van der Waals surface area contributed by atoms with E-state index in [1.165, 1.54) is 3.57 Å². The maximum absolute atomic E-state index is 5.35. The minimum absolute atomic E-state index is 0.746. The van der Waals surface area contributed by atoms with Gasteiger partial charge in [0.1, 0.15) is 0 Å². The van der Waals surface area contributed by atoms with Gasteiger partial charge < -0.3 is 4.98 Å². The zero-order valence-corrected chi connectivity index (χ0v) is 11.9. The highest BCUT2D eigenvalue weighted by Gasteiger charge is 2.06. The van der Waals surface area contributed by atoms with Gasteiger partial charge >= 0.3 is 0 Å². The van der Waals surface area contributed by atoms with Crippen LogP contribution in [0.15, 0.2) is 35.0 Å². The predicted molar refractivity (Wildman–Crippen MR) is 79.1 cm³/mol. The number of hydrogen-bond donors (Lipinski definition) is 1. The first-order valence-corrected chi connectivity index (χ1v) is 7.11. The van der Waals surface area contributed by atoms with Gasteiger partial charge in [0, 0.05) is 8.95 Å². The number of halogens is 1. The van der Waals surface area contributed by atoms with Gasteiger partial charge in [-0.15, -0.1) is 0 Å². The third-order valence-electron chi connectivity index (χ3n) is 2.41. The SMILES string of the molecule is S=c1[nH]c2cc(I)ccc2n1-c1ccsc1. The summed E-state index contributed by atoms with van der Waals surface area (Å²) in [6, 6.07) is 8.37. The summed E-state index contributed by atoms with van der Waals surface area (Å²) in [6.07, 6.45) is 0. The van der Waals surface area contributed by atoms with E-state index in [2.05, 4.69) is 67.2 Å². The number of aromatic amines is 1. The second-order valence-electron chi connectivity index (χ2n) is 3.41. The van der Waals surface area contributed by atoms with Gasteiger partial charge in [-0.2, -0.15) is 11.3 Å². The van der Waals surface area contributed by atoms with Crippen LogP contribution in [0.1, 0.15) is 0 Å².